The Balaban J connectivity index is 2.62. The SMILES string of the molecule is C[C@@H](N1CCN([C@H](C)S(=O)(=O)O)CC1)S(=O)(=O)O. The summed E-state index contributed by atoms with van der Waals surface area (Å²) in [5.41, 5.74) is 0. The molecule has 0 spiro atoms. The van der Waals surface area contributed by atoms with Gasteiger partial charge >= 0.3 is 0 Å². The van der Waals surface area contributed by atoms with Crippen molar-refractivity contribution in [3.05, 3.63) is 0 Å². The Morgan fingerprint density at radius 3 is 1.17 bits per heavy atom. The van der Waals surface area contributed by atoms with Gasteiger partial charge in [0.05, 0.1) is 0 Å². The van der Waals surface area contributed by atoms with E-state index in [1.165, 1.54) is 13.8 Å². The van der Waals surface area contributed by atoms with Crippen LogP contribution in [-0.2, 0) is 20.2 Å². The van der Waals surface area contributed by atoms with Crippen LogP contribution in [0, 0.1) is 0 Å². The molecule has 0 bridgehead atoms. The molecule has 0 saturated carbocycles. The summed E-state index contributed by atoms with van der Waals surface area (Å²) >= 11 is 0. The fraction of sp³-hybridized carbons (Fsp3) is 1.00. The highest BCUT2D eigenvalue weighted by atomic mass is 32.2. The number of nitrogens with zero attached hydrogens (tertiary/aromatic N) is 2. The van der Waals surface area contributed by atoms with E-state index in [-0.39, 0.29) is 0 Å². The molecule has 0 aliphatic carbocycles. The summed E-state index contributed by atoms with van der Waals surface area (Å²) in [6.45, 7) is 3.97. The molecule has 0 aromatic rings. The van der Waals surface area contributed by atoms with E-state index < -0.39 is 31.0 Å². The molecular formula is C8H18N2O6S2. The molecule has 0 aromatic carbocycles. The molecule has 0 radical (unpaired) electrons. The summed E-state index contributed by atoms with van der Waals surface area (Å²) in [6, 6.07) is 0. The summed E-state index contributed by atoms with van der Waals surface area (Å²) in [7, 11) is -8.26. The van der Waals surface area contributed by atoms with Crippen molar-refractivity contribution in [1.29, 1.82) is 0 Å². The van der Waals surface area contributed by atoms with Crippen LogP contribution in [0.1, 0.15) is 13.8 Å². The van der Waals surface area contributed by atoms with E-state index in [0.717, 1.165) is 0 Å². The molecule has 2 atom stereocenters. The highest BCUT2D eigenvalue weighted by Crippen LogP contribution is 2.14. The fourth-order valence-corrected chi connectivity index (χ4v) is 3.02. The van der Waals surface area contributed by atoms with Crippen LogP contribution in [0.2, 0.25) is 0 Å². The third kappa shape index (κ3) is 3.87. The van der Waals surface area contributed by atoms with Gasteiger partial charge in [0.25, 0.3) is 20.2 Å². The average molecular weight is 302 g/mol. The molecule has 10 heteroatoms. The van der Waals surface area contributed by atoms with Crippen molar-refractivity contribution >= 4 is 20.2 Å². The molecule has 1 rings (SSSR count). The zero-order valence-electron chi connectivity index (χ0n) is 10.2. The van der Waals surface area contributed by atoms with E-state index in [2.05, 4.69) is 0 Å². The van der Waals surface area contributed by atoms with Crippen molar-refractivity contribution in [2.24, 2.45) is 0 Å². The van der Waals surface area contributed by atoms with Gasteiger partial charge in [0.2, 0.25) is 0 Å². The first-order valence-corrected chi connectivity index (χ1v) is 8.45. The Labute approximate surface area is 107 Å². The third-order valence-corrected chi connectivity index (χ3v) is 5.56. The summed E-state index contributed by atoms with van der Waals surface area (Å²) in [5, 5.41) is -2.03. The molecular weight excluding hydrogens is 284 g/mol. The minimum atomic E-state index is -4.13. The average Bonchev–Trinajstić information content (AvgIpc) is 2.25. The molecule has 108 valence electrons. The van der Waals surface area contributed by atoms with E-state index in [1.54, 1.807) is 9.80 Å². The monoisotopic (exact) mass is 302 g/mol. The number of hydrogen-bond acceptors (Lipinski definition) is 6. The van der Waals surface area contributed by atoms with Crippen molar-refractivity contribution in [3.63, 3.8) is 0 Å². The van der Waals surface area contributed by atoms with E-state index >= 15 is 0 Å². The van der Waals surface area contributed by atoms with Gasteiger partial charge in [0, 0.05) is 26.2 Å². The summed E-state index contributed by atoms with van der Waals surface area (Å²) < 4.78 is 61.7. The van der Waals surface area contributed by atoms with Crippen LogP contribution in [0.25, 0.3) is 0 Å². The molecule has 0 amide bonds. The molecule has 1 aliphatic rings. The second kappa shape index (κ2) is 5.39. The second-order valence-corrected chi connectivity index (χ2v) is 7.72. The first-order valence-electron chi connectivity index (χ1n) is 5.44. The van der Waals surface area contributed by atoms with Crippen LogP contribution in [0.4, 0.5) is 0 Å². The molecule has 18 heavy (non-hydrogen) atoms. The highest BCUT2D eigenvalue weighted by molar-refractivity contribution is 7.86. The summed E-state index contributed by atoms with van der Waals surface area (Å²) in [4.78, 5) is 3.09. The first kappa shape index (κ1) is 15.8. The van der Waals surface area contributed by atoms with Gasteiger partial charge in [-0.1, -0.05) is 0 Å². The van der Waals surface area contributed by atoms with Gasteiger partial charge in [-0.15, -0.1) is 0 Å². The van der Waals surface area contributed by atoms with Gasteiger partial charge in [-0.05, 0) is 13.8 Å². The van der Waals surface area contributed by atoms with Crippen LogP contribution in [-0.4, -0.2) is 72.7 Å². The smallest absolute Gasteiger partial charge is 0.280 e. The van der Waals surface area contributed by atoms with E-state index in [9.17, 15) is 16.8 Å². The molecule has 1 aliphatic heterocycles. The Hall–Kier alpha value is -0.260. The Morgan fingerprint density at radius 2 is 1.00 bits per heavy atom. The Kier molecular flexibility index (Phi) is 4.73. The predicted molar refractivity (Wildman–Crippen MR) is 65.2 cm³/mol. The molecule has 0 unspecified atom stereocenters. The summed E-state index contributed by atoms with van der Waals surface area (Å²) in [5.74, 6) is 0. The molecule has 2 N–H and O–H groups in total. The zero-order valence-corrected chi connectivity index (χ0v) is 11.9. The largest absolute Gasteiger partial charge is 0.284 e. The molecule has 0 aromatic heterocycles. The number of rotatable bonds is 4. The van der Waals surface area contributed by atoms with Gasteiger partial charge in [-0.2, -0.15) is 16.8 Å². The van der Waals surface area contributed by atoms with Crippen molar-refractivity contribution < 1.29 is 25.9 Å². The van der Waals surface area contributed by atoms with E-state index in [4.69, 9.17) is 9.11 Å². The fourth-order valence-electron chi connectivity index (χ4n) is 1.84. The predicted octanol–water partition coefficient (Wildman–Crippen LogP) is -0.928. The summed E-state index contributed by atoms with van der Waals surface area (Å²) in [6.07, 6.45) is 0. The molecule has 8 nitrogen and oxygen atoms in total. The van der Waals surface area contributed by atoms with Crippen LogP contribution >= 0.6 is 0 Å². The van der Waals surface area contributed by atoms with Crippen molar-refractivity contribution in [1.82, 2.24) is 9.80 Å². The topological polar surface area (TPSA) is 115 Å². The van der Waals surface area contributed by atoms with Gasteiger partial charge in [0.1, 0.15) is 10.7 Å². The van der Waals surface area contributed by atoms with Gasteiger partial charge < -0.3 is 0 Å². The lowest BCUT2D eigenvalue weighted by Crippen LogP contribution is -2.54. The number of piperazine rings is 1. The van der Waals surface area contributed by atoms with Crippen LogP contribution in [0.5, 0.6) is 0 Å². The van der Waals surface area contributed by atoms with Crippen LogP contribution in [0.3, 0.4) is 0 Å². The van der Waals surface area contributed by atoms with Crippen LogP contribution in [0.15, 0.2) is 0 Å². The normalized spacial score (nSPS) is 23.8. The minimum Gasteiger partial charge on any atom is -0.284 e. The quantitative estimate of drug-likeness (QED) is 0.640. The lowest BCUT2D eigenvalue weighted by molar-refractivity contribution is 0.114. The van der Waals surface area contributed by atoms with Crippen molar-refractivity contribution in [2.75, 3.05) is 26.2 Å². The second-order valence-electron chi connectivity index (χ2n) is 4.30. The lowest BCUT2D eigenvalue weighted by Gasteiger charge is -2.38. The molecule has 1 heterocycles. The minimum absolute atomic E-state index is 0.306. The van der Waals surface area contributed by atoms with E-state index in [0.29, 0.717) is 26.2 Å². The zero-order chi connectivity index (χ0) is 14.1. The van der Waals surface area contributed by atoms with Crippen LogP contribution < -0.4 is 0 Å². The maximum Gasteiger partial charge on any atom is 0.280 e. The number of hydrogen-bond donors (Lipinski definition) is 2. The van der Waals surface area contributed by atoms with Crippen molar-refractivity contribution in [2.45, 2.75) is 24.6 Å². The van der Waals surface area contributed by atoms with Gasteiger partial charge in [-0.3, -0.25) is 18.9 Å². The maximum absolute atomic E-state index is 11.0. The Morgan fingerprint density at radius 1 is 0.778 bits per heavy atom. The third-order valence-electron chi connectivity index (χ3n) is 3.24. The Bertz CT molecular complexity index is 434. The lowest BCUT2D eigenvalue weighted by atomic mass is 10.3. The van der Waals surface area contributed by atoms with E-state index in [1.807, 2.05) is 0 Å². The molecule has 1 fully saturated rings. The van der Waals surface area contributed by atoms with Crippen molar-refractivity contribution in [3.8, 4) is 0 Å². The highest BCUT2D eigenvalue weighted by Gasteiger charge is 2.32. The van der Waals surface area contributed by atoms with Gasteiger partial charge in [0.15, 0.2) is 0 Å². The van der Waals surface area contributed by atoms with Gasteiger partial charge in [-0.25, -0.2) is 0 Å². The maximum atomic E-state index is 11.0. The first-order chi connectivity index (χ1) is 8.03. The standard InChI is InChI=1S/C8H18N2O6S2/c1-7(17(11,12)13)9-3-5-10(6-4-9)8(2)18(14,15)16/h7-8H,3-6H2,1-2H3,(H,11,12,13)(H,14,15,16)/t7-,8-/m0/s1. The molecule has 1 saturated heterocycles.